The number of ether oxygens (including phenoxy) is 1. The molecule has 2 heteroatoms. The Kier molecular flexibility index (Phi) is 2.64. The van der Waals surface area contributed by atoms with Gasteiger partial charge in [0.1, 0.15) is 5.75 Å². The second-order valence-corrected chi connectivity index (χ2v) is 4.10. The summed E-state index contributed by atoms with van der Waals surface area (Å²) < 4.78 is 5.74. The molecule has 0 N–H and O–H groups in total. The van der Waals surface area contributed by atoms with Gasteiger partial charge >= 0.3 is 0 Å². The molecule has 1 aromatic carbocycles. The minimum absolute atomic E-state index is 0.00167. The van der Waals surface area contributed by atoms with E-state index in [0.29, 0.717) is 0 Å². The average molecular weight is 201 g/mol. The molecular formula is C13H15NO. The van der Waals surface area contributed by atoms with Gasteiger partial charge in [0, 0.05) is 5.56 Å². The molecule has 1 aliphatic rings. The van der Waals surface area contributed by atoms with Gasteiger partial charge in [0.2, 0.25) is 0 Å². The zero-order chi connectivity index (χ0) is 10.8. The van der Waals surface area contributed by atoms with Gasteiger partial charge in [-0.2, -0.15) is 5.26 Å². The molecule has 15 heavy (non-hydrogen) atoms. The number of benzene rings is 1. The first-order chi connectivity index (χ1) is 7.24. The highest BCUT2D eigenvalue weighted by Crippen LogP contribution is 2.36. The first kappa shape index (κ1) is 10.0. The van der Waals surface area contributed by atoms with Crippen molar-refractivity contribution in [3.05, 3.63) is 28.8 Å². The lowest BCUT2D eigenvalue weighted by atomic mass is 9.93. The third-order valence-electron chi connectivity index (χ3n) is 3.12. The fourth-order valence-corrected chi connectivity index (χ4v) is 2.03. The lowest BCUT2D eigenvalue weighted by Crippen LogP contribution is -1.99. The van der Waals surface area contributed by atoms with Gasteiger partial charge < -0.3 is 4.74 Å². The molecule has 0 fully saturated rings. The minimum atomic E-state index is 0.00167. The van der Waals surface area contributed by atoms with Gasteiger partial charge in [0.15, 0.2) is 0 Å². The SMILES string of the molecule is Cc1ccc2c(c1C)OCCCC2C#N. The van der Waals surface area contributed by atoms with E-state index in [-0.39, 0.29) is 5.92 Å². The van der Waals surface area contributed by atoms with Crippen LogP contribution in [0.2, 0.25) is 0 Å². The zero-order valence-electron chi connectivity index (χ0n) is 9.21. The number of nitriles is 1. The molecule has 1 atom stereocenters. The summed E-state index contributed by atoms with van der Waals surface area (Å²) >= 11 is 0. The van der Waals surface area contributed by atoms with Gasteiger partial charge in [-0.15, -0.1) is 0 Å². The lowest BCUT2D eigenvalue weighted by Gasteiger charge is -2.14. The van der Waals surface area contributed by atoms with Crippen molar-refractivity contribution in [2.45, 2.75) is 32.6 Å². The Hall–Kier alpha value is -1.49. The van der Waals surface area contributed by atoms with Crippen LogP contribution in [-0.2, 0) is 0 Å². The van der Waals surface area contributed by atoms with Crippen LogP contribution >= 0.6 is 0 Å². The van der Waals surface area contributed by atoms with E-state index < -0.39 is 0 Å². The van der Waals surface area contributed by atoms with Crippen LogP contribution in [0.3, 0.4) is 0 Å². The smallest absolute Gasteiger partial charge is 0.126 e. The van der Waals surface area contributed by atoms with Gasteiger partial charge in [0.25, 0.3) is 0 Å². The highest BCUT2D eigenvalue weighted by molar-refractivity contribution is 5.48. The Morgan fingerprint density at radius 1 is 1.40 bits per heavy atom. The number of fused-ring (bicyclic) bond motifs is 1. The Balaban J connectivity index is 2.56. The molecule has 0 amide bonds. The third kappa shape index (κ3) is 1.70. The van der Waals surface area contributed by atoms with Crippen LogP contribution in [0.15, 0.2) is 12.1 Å². The zero-order valence-corrected chi connectivity index (χ0v) is 9.21. The molecule has 0 saturated heterocycles. The Morgan fingerprint density at radius 3 is 2.93 bits per heavy atom. The van der Waals surface area contributed by atoms with Crippen molar-refractivity contribution >= 4 is 0 Å². The standard InChI is InChI=1S/C13H15NO/c1-9-5-6-12-11(8-14)4-3-7-15-13(12)10(9)2/h5-6,11H,3-4,7H2,1-2H3. The Morgan fingerprint density at radius 2 is 2.20 bits per heavy atom. The number of nitrogens with zero attached hydrogens (tertiary/aromatic N) is 1. The van der Waals surface area contributed by atoms with E-state index in [0.717, 1.165) is 30.8 Å². The van der Waals surface area contributed by atoms with Gasteiger partial charge in [-0.05, 0) is 37.8 Å². The predicted molar refractivity (Wildman–Crippen MR) is 59.0 cm³/mol. The molecule has 0 aliphatic carbocycles. The van der Waals surface area contributed by atoms with E-state index in [1.54, 1.807) is 0 Å². The molecule has 0 spiro atoms. The molecule has 1 unspecified atom stereocenters. The van der Waals surface area contributed by atoms with Crippen LogP contribution in [0.1, 0.15) is 35.4 Å². The summed E-state index contributed by atoms with van der Waals surface area (Å²) in [6, 6.07) is 6.48. The topological polar surface area (TPSA) is 33.0 Å². The molecule has 0 saturated carbocycles. The van der Waals surface area contributed by atoms with E-state index >= 15 is 0 Å². The highest BCUT2D eigenvalue weighted by atomic mass is 16.5. The van der Waals surface area contributed by atoms with Crippen molar-refractivity contribution in [2.24, 2.45) is 0 Å². The van der Waals surface area contributed by atoms with Crippen molar-refractivity contribution in [3.8, 4) is 11.8 Å². The van der Waals surface area contributed by atoms with Gasteiger partial charge in [-0.1, -0.05) is 12.1 Å². The average Bonchev–Trinajstić information content (AvgIpc) is 2.45. The van der Waals surface area contributed by atoms with E-state index in [4.69, 9.17) is 10.00 Å². The lowest BCUT2D eigenvalue weighted by molar-refractivity contribution is 0.314. The van der Waals surface area contributed by atoms with E-state index in [9.17, 15) is 0 Å². The van der Waals surface area contributed by atoms with Gasteiger partial charge in [-0.3, -0.25) is 0 Å². The Labute approximate surface area is 90.5 Å². The largest absolute Gasteiger partial charge is 0.493 e. The Bertz CT molecular complexity index is 417. The van der Waals surface area contributed by atoms with Crippen LogP contribution in [-0.4, -0.2) is 6.61 Å². The maximum atomic E-state index is 9.12. The quantitative estimate of drug-likeness (QED) is 0.646. The van der Waals surface area contributed by atoms with Crippen molar-refractivity contribution in [1.29, 1.82) is 5.26 Å². The fourth-order valence-electron chi connectivity index (χ4n) is 2.03. The molecule has 2 nitrogen and oxygen atoms in total. The molecule has 78 valence electrons. The first-order valence-corrected chi connectivity index (χ1v) is 5.36. The summed E-state index contributed by atoms with van der Waals surface area (Å²) in [6.45, 7) is 4.87. The first-order valence-electron chi connectivity index (χ1n) is 5.36. The van der Waals surface area contributed by atoms with Crippen LogP contribution < -0.4 is 4.74 Å². The second kappa shape index (κ2) is 3.94. The van der Waals surface area contributed by atoms with Crippen LogP contribution in [0.25, 0.3) is 0 Å². The van der Waals surface area contributed by atoms with Crippen molar-refractivity contribution in [1.82, 2.24) is 0 Å². The number of aryl methyl sites for hydroxylation is 1. The van der Waals surface area contributed by atoms with Crippen molar-refractivity contribution in [2.75, 3.05) is 6.61 Å². The molecule has 1 aromatic rings. The van der Waals surface area contributed by atoms with Gasteiger partial charge in [-0.25, -0.2) is 0 Å². The van der Waals surface area contributed by atoms with Crippen molar-refractivity contribution < 1.29 is 4.74 Å². The summed E-state index contributed by atoms with van der Waals surface area (Å²) in [6.07, 6.45) is 1.87. The molecule has 0 radical (unpaired) electrons. The van der Waals surface area contributed by atoms with Crippen LogP contribution in [0.5, 0.6) is 5.75 Å². The molecule has 0 aromatic heterocycles. The molecular weight excluding hydrogens is 186 g/mol. The molecule has 0 bridgehead atoms. The van der Waals surface area contributed by atoms with E-state index in [2.05, 4.69) is 26.0 Å². The fraction of sp³-hybridized carbons (Fsp3) is 0.462. The normalized spacial score (nSPS) is 19.7. The number of hydrogen-bond donors (Lipinski definition) is 0. The maximum Gasteiger partial charge on any atom is 0.126 e. The predicted octanol–water partition coefficient (Wildman–Crippen LogP) is 3.08. The third-order valence-corrected chi connectivity index (χ3v) is 3.12. The van der Waals surface area contributed by atoms with E-state index in [1.165, 1.54) is 11.1 Å². The minimum Gasteiger partial charge on any atom is -0.493 e. The van der Waals surface area contributed by atoms with Crippen LogP contribution in [0, 0.1) is 25.2 Å². The number of hydrogen-bond acceptors (Lipinski definition) is 2. The van der Waals surface area contributed by atoms with Crippen molar-refractivity contribution in [3.63, 3.8) is 0 Å². The summed E-state index contributed by atoms with van der Waals surface area (Å²) in [5.74, 6) is 0.945. The molecule has 1 heterocycles. The monoisotopic (exact) mass is 201 g/mol. The molecule has 1 aliphatic heterocycles. The summed E-state index contributed by atoms with van der Waals surface area (Å²) in [5.41, 5.74) is 3.47. The molecule has 2 rings (SSSR count). The summed E-state index contributed by atoms with van der Waals surface area (Å²) in [7, 11) is 0. The summed E-state index contributed by atoms with van der Waals surface area (Å²) in [4.78, 5) is 0. The highest BCUT2D eigenvalue weighted by Gasteiger charge is 2.21. The van der Waals surface area contributed by atoms with Gasteiger partial charge in [0.05, 0.1) is 18.6 Å². The van der Waals surface area contributed by atoms with Crippen LogP contribution in [0.4, 0.5) is 0 Å². The second-order valence-electron chi connectivity index (χ2n) is 4.10. The maximum absolute atomic E-state index is 9.12. The van der Waals surface area contributed by atoms with E-state index in [1.807, 2.05) is 6.07 Å². The number of rotatable bonds is 0. The summed E-state index contributed by atoms with van der Waals surface area (Å²) in [5, 5.41) is 9.12.